The third kappa shape index (κ3) is 7.21. The maximum absolute atomic E-state index is 11.1. The molecule has 0 spiro atoms. The molecule has 6 rings (SSSR count). The molecule has 1 radical (unpaired) electrons. The van der Waals surface area contributed by atoms with Crippen molar-refractivity contribution in [2.45, 2.75) is 14.9 Å². The number of nitriles is 1. The van der Waals surface area contributed by atoms with Crippen LogP contribution >= 0.6 is 34.8 Å². The number of fused-ring (bicyclic) bond motifs is 3. The molecule has 0 fully saturated rings. The number of pyridine rings is 3. The molecule has 0 aliphatic rings. The maximum atomic E-state index is 11.1. The van der Waals surface area contributed by atoms with Gasteiger partial charge in [-0.25, -0.2) is 4.98 Å². The van der Waals surface area contributed by atoms with Crippen LogP contribution in [0.25, 0.3) is 33.1 Å². The number of halogens is 3. The fourth-order valence-electron chi connectivity index (χ4n) is 3.41. The number of aryl methyl sites for hydroxylation is 3. The quantitative estimate of drug-likeness (QED) is 0.160. The molecule has 0 aromatic carbocycles. The fraction of sp³-hybridized carbons (Fsp3) is 0.208. The summed E-state index contributed by atoms with van der Waals surface area (Å²) in [6.07, 6.45) is 7.82. The molecule has 11 nitrogen and oxygen atoms in total. The van der Waals surface area contributed by atoms with E-state index in [9.17, 15) is 5.21 Å². The van der Waals surface area contributed by atoms with Crippen LogP contribution in [-0.4, -0.2) is 39.3 Å². The number of hydrogen-bond donors (Lipinski definition) is 0. The summed E-state index contributed by atoms with van der Waals surface area (Å²) in [5.74, 6) is 0. The molecule has 6 aromatic heterocycles. The van der Waals surface area contributed by atoms with Gasteiger partial charge < -0.3 is 5.21 Å². The second-order valence-corrected chi connectivity index (χ2v) is 8.61. The van der Waals surface area contributed by atoms with Gasteiger partial charge in [-0.1, -0.05) is 49.7 Å². The average molecular weight is 665 g/mol. The van der Waals surface area contributed by atoms with Crippen molar-refractivity contribution in [1.82, 2.24) is 39.3 Å². The zero-order valence-corrected chi connectivity index (χ0v) is 24.8. The van der Waals surface area contributed by atoms with Gasteiger partial charge in [-0.15, -0.1) is 0 Å². The number of aromatic nitrogens is 9. The summed E-state index contributed by atoms with van der Waals surface area (Å²) in [7, 11) is 5.37. The molecule has 0 aliphatic carbocycles. The minimum atomic E-state index is 0. The summed E-state index contributed by atoms with van der Waals surface area (Å²) in [6, 6.07) is 6.78. The van der Waals surface area contributed by atoms with Gasteiger partial charge in [0.25, 0.3) is 5.52 Å². The van der Waals surface area contributed by atoms with E-state index in [0.29, 0.717) is 37.3 Å². The van der Waals surface area contributed by atoms with E-state index < -0.39 is 0 Å². The Morgan fingerprint density at radius 1 is 0.821 bits per heavy atom. The third-order valence-corrected chi connectivity index (χ3v) is 5.98. The monoisotopic (exact) mass is 663 g/mol. The molecule has 0 bridgehead atoms. The first kappa shape index (κ1) is 34.2. The number of rotatable bonds is 0. The zero-order valence-electron chi connectivity index (χ0n) is 19.7. The van der Waals surface area contributed by atoms with Gasteiger partial charge in [0.15, 0.2) is 11.7 Å². The summed E-state index contributed by atoms with van der Waals surface area (Å²) in [4.78, 5) is 8.14. The van der Waals surface area contributed by atoms with Gasteiger partial charge in [0, 0.05) is 66.1 Å². The minimum Gasteiger partial charge on any atom is -0.618 e. The molecular formula is C24H25Cl3N10OY. The summed E-state index contributed by atoms with van der Waals surface area (Å²) in [6.45, 7) is 0. The Labute approximate surface area is 265 Å². The number of nitrogens with zero attached hydrogens (tertiary/aromatic N) is 10. The van der Waals surface area contributed by atoms with Crippen molar-refractivity contribution in [3.05, 3.63) is 75.2 Å². The largest absolute Gasteiger partial charge is 0.618 e. The molecule has 0 amide bonds. The first-order chi connectivity index (χ1) is 17.2. The normalized spacial score (nSPS) is 9.77. The Morgan fingerprint density at radius 2 is 1.36 bits per heavy atom. The van der Waals surface area contributed by atoms with E-state index in [2.05, 4.69) is 25.3 Å². The Balaban J connectivity index is 0.000000282. The fourth-order valence-corrected chi connectivity index (χ4v) is 4.28. The molecule has 0 saturated heterocycles. The van der Waals surface area contributed by atoms with E-state index >= 15 is 0 Å². The molecule has 6 heterocycles. The van der Waals surface area contributed by atoms with Gasteiger partial charge in [0.1, 0.15) is 40.0 Å². The standard InChI is InChI=1S/C8H5ClN4.C7H6ClN3O.C7H6ClN3.2CH4.Y/c1-13-8-6(9)2-5(3-10)12-7(8)4-11-13;1-10-7-5(8)2-3-11(12)6(7)4-9-10;1-11-7-5(8)2-3-9-6(7)4-10-11;;;/h2,4H,1H3;2-4H,1H3;2-4H,1H3;2*1H4;. The van der Waals surface area contributed by atoms with Crippen molar-refractivity contribution >= 4 is 67.9 Å². The summed E-state index contributed by atoms with van der Waals surface area (Å²) >= 11 is 17.7. The van der Waals surface area contributed by atoms with Gasteiger partial charge in [-0.3, -0.25) is 19.0 Å². The molecule has 6 aromatic rings. The summed E-state index contributed by atoms with van der Waals surface area (Å²) in [5, 5.41) is 33.5. The Morgan fingerprint density at radius 3 is 1.95 bits per heavy atom. The first-order valence-electron chi connectivity index (χ1n) is 10.2. The molecule has 39 heavy (non-hydrogen) atoms. The van der Waals surface area contributed by atoms with Crippen molar-refractivity contribution in [1.29, 1.82) is 5.26 Å². The van der Waals surface area contributed by atoms with Crippen LogP contribution in [0, 0.1) is 16.5 Å². The van der Waals surface area contributed by atoms with E-state index in [4.69, 9.17) is 40.1 Å². The van der Waals surface area contributed by atoms with Crippen LogP contribution in [0.4, 0.5) is 0 Å². The van der Waals surface area contributed by atoms with Crippen LogP contribution in [0.15, 0.2) is 49.2 Å². The molecule has 0 atom stereocenters. The molecule has 15 heteroatoms. The third-order valence-electron chi connectivity index (χ3n) is 5.08. The van der Waals surface area contributed by atoms with Gasteiger partial charge in [-0.2, -0.15) is 25.3 Å². The van der Waals surface area contributed by atoms with Crippen LogP contribution in [0.2, 0.25) is 15.1 Å². The second-order valence-electron chi connectivity index (χ2n) is 7.39. The van der Waals surface area contributed by atoms with Crippen molar-refractivity contribution < 1.29 is 37.4 Å². The molecule has 0 N–H and O–H groups in total. The molecular weight excluding hydrogens is 640 g/mol. The average Bonchev–Trinajstić information content (AvgIpc) is 3.55. The minimum absolute atomic E-state index is 0. The van der Waals surface area contributed by atoms with Crippen molar-refractivity contribution in [3.8, 4) is 6.07 Å². The Bertz CT molecular complexity index is 1760. The molecule has 0 saturated carbocycles. The van der Waals surface area contributed by atoms with Crippen LogP contribution in [0.1, 0.15) is 20.5 Å². The predicted molar refractivity (Wildman–Crippen MR) is 150 cm³/mol. The van der Waals surface area contributed by atoms with Crippen molar-refractivity contribution in [2.24, 2.45) is 21.1 Å². The van der Waals surface area contributed by atoms with Crippen LogP contribution < -0.4 is 4.73 Å². The second kappa shape index (κ2) is 14.5. The summed E-state index contributed by atoms with van der Waals surface area (Å²) in [5.41, 5.74) is 4.58. The molecule has 0 unspecified atom stereocenters. The predicted octanol–water partition coefficient (Wildman–Crippen LogP) is 5.24. The summed E-state index contributed by atoms with van der Waals surface area (Å²) < 4.78 is 5.66. The van der Waals surface area contributed by atoms with E-state index in [1.165, 1.54) is 18.5 Å². The smallest absolute Gasteiger partial charge is 0.263 e. The SMILES string of the molecule is C.C.Cn1ncc2c1c(Cl)cc[n+]2[O-].Cn1ncc2nc(C#N)cc(Cl)c21.Cn1ncc2nccc(Cl)c21.[Y]. The number of hydrogen-bond acceptors (Lipinski definition) is 7. The van der Waals surface area contributed by atoms with E-state index in [0.717, 1.165) is 21.3 Å². The van der Waals surface area contributed by atoms with Crippen molar-refractivity contribution in [3.63, 3.8) is 0 Å². The molecule has 201 valence electrons. The Kier molecular flexibility index (Phi) is 12.7. The maximum Gasteiger partial charge on any atom is 0.263 e. The van der Waals surface area contributed by atoms with Crippen LogP contribution in [-0.2, 0) is 53.9 Å². The van der Waals surface area contributed by atoms with E-state index in [1.54, 1.807) is 58.9 Å². The topological polar surface area (TPSA) is 130 Å². The van der Waals surface area contributed by atoms with Gasteiger partial charge in [0.2, 0.25) is 0 Å². The van der Waals surface area contributed by atoms with Crippen LogP contribution in [0.5, 0.6) is 0 Å². The Hall–Kier alpha value is -2.88. The zero-order chi connectivity index (χ0) is 26.0. The molecule has 0 aliphatic heterocycles. The first-order valence-corrected chi connectivity index (χ1v) is 11.3. The van der Waals surface area contributed by atoms with Gasteiger partial charge in [-0.05, 0) is 12.1 Å². The van der Waals surface area contributed by atoms with Gasteiger partial charge in [0.05, 0.1) is 27.5 Å². The van der Waals surface area contributed by atoms with E-state index in [1.807, 2.05) is 13.1 Å². The van der Waals surface area contributed by atoms with Crippen molar-refractivity contribution in [2.75, 3.05) is 0 Å². The van der Waals surface area contributed by atoms with Gasteiger partial charge >= 0.3 is 0 Å². The van der Waals surface area contributed by atoms with Crippen LogP contribution in [0.3, 0.4) is 0 Å². The van der Waals surface area contributed by atoms with E-state index in [-0.39, 0.29) is 47.6 Å².